The molecule has 1 saturated heterocycles. The third kappa shape index (κ3) is 2.67. The summed E-state index contributed by atoms with van der Waals surface area (Å²) in [5, 5.41) is 0. The molecule has 2 aromatic rings. The molecule has 4 rings (SSSR count). The number of para-hydroxylation sites is 1. The summed E-state index contributed by atoms with van der Waals surface area (Å²) in [6.45, 7) is 5.65. The summed E-state index contributed by atoms with van der Waals surface area (Å²) in [6, 6.07) is 18.4. The lowest BCUT2D eigenvalue weighted by Gasteiger charge is -2.48. The third-order valence-corrected chi connectivity index (χ3v) is 5.68. The molecule has 0 unspecified atom stereocenters. The summed E-state index contributed by atoms with van der Waals surface area (Å²) in [7, 11) is 1.78. The first-order valence-corrected chi connectivity index (χ1v) is 8.99. The molecule has 2 atom stereocenters. The molecular weight excluding hydrogens is 296 g/mol. The first-order valence-electron chi connectivity index (χ1n) is 8.99. The van der Waals surface area contributed by atoms with E-state index in [9.17, 15) is 0 Å². The Balaban J connectivity index is 1.55. The zero-order chi connectivity index (χ0) is 16.5. The van der Waals surface area contributed by atoms with Crippen molar-refractivity contribution in [2.24, 2.45) is 0 Å². The minimum atomic E-state index is 0.479. The number of ether oxygens (including phenoxy) is 1. The van der Waals surface area contributed by atoms with Crippen molar-refractivity contribution in [1.82, 2.24) is 4.90 Å². The number of aryl methyl sites for hydroxylation is 1. The van der Waals surface area contributed by atoms with Crippen LogP contribution < -0.4 is 9.64 Å². The minimum absolute atomic E-state index is 0.479. The maximum absolute atomic E-state index is 5.65. The first kappa shape index (κ1) is 15.5. The molecule has 2 heterocycles. The number of anilines is 1. The molecule has 0 amide bonds. The van der Waals surface area contributed by atoms with E-state index in [1.807, 2.05) is 0 Å². The molecule has 1 fully saturated rings. The van der Waals surface area contributed by atoms with Gasteiger partial charge in [0.15, 0.2) is 0 Å². The second-order valence-electron chi connectivity index (χ2n) is 6.94. The molecule has 3 nitrogen and oxygen atoms in total. The Labute approximate surface area is 144 Å². The third-order valence-electron chi connectivity index (χ3n) is 5.68. The van der Waals surface area contributed by atoms with Gasteiger partial charge < -0.3 is 9.64 Å². The number of hydrogen-bond donors (Lipinski definition) is 0. The standard InChI is InChI=1S/C21H26N2O/c1-16(17-7-4-3-5-8-17)22-13-14-23-19(15-22)12-11-18-9-6-10-20(24-2)21(18)23/h3-10,16,19H,11-15H2,1-2H3/t16-,19+/m0/s1. The van der Waals surface area contributed by atoms with Crippen LogP contribution in [-0.2, 0) is 6.42 Å². The SMILES string of the molecule is COc1cccc2c1N1CCN([C@@H](C)c3ccccc3)C[C@H]1CC2. The highest BCUT2D eigenvalue weighted by Crippen LogP contribution is 2.40. The van der Waals surface area contributed by atoms with E-state index < -0.39 is 0 Å². The van der Waals surface area contributed by atoms with Crippen molar-refractivity contribution in [2.45, 2.75) is 31.8 Å². The summed E-state index contributed by atoms with van der Waals surface area (Å²) in [5.74, 6) is 1.03. The van der Waals surface area contributed by atoms with Crippen LogP contribution in [0.5, 0.6) is 5.75 Å². The maximum atomic E-state index is 5.65. The molecular formula is C21H26N2O. The molecule has 24 heavy (non-hydrogen) atoms. The van der Waals surface area contributed by atoms with E-state index in [0.717, 1.165) is 31.8 Å². The van der Waals surface area contributed by atoms with Crippen molar-refractivity contribution in [1.29, 1.82) is 0 Å². The Morgan fingerprint density at radius 1 is 1.04 bits per heavy atom. The van der Waals surface area contributed by atoms with Crippen LogP contribution in [0, 0.1) is 0 Å². The van der Waals surface area contributed by atoms with Crippen molar-refractivity contribution in [3.63, 3.8) is 0 Å². The van der Waals surface area contributed by atoms with Crippen LogP contribution in [0.15, 0.2) is 48.5 Å². The predicted molar refractivity (Wildman–Crippen MR) is 98.9 cm³/mol. The van der Waals surface area contributed by atoms with Crippen LogP contribution in [0.1, 0.15) is 30.5 Å². The van der Waals surface area contributed by atoms with Gasteiger partial charge in [0.1, 0.15) is 5.75 Å². The topological polar surface area (TPSA) is 15.7 Å². The van der Waals surface area contributed by atoms with Crippen LogP contribution in [0.4, 0.5) is 5.69 Å². The number of rotatable bonds is 3. The van der Waals surface area contributed by atoms with Gasteiger partial charge >= 0.3 is 0 Å². The van der Waals surface area contributed by atoms with Crippen molar-refractivity contribution in [3.05, 3.63) is 59.7 Å². The lowest BCUT2D eigenvalue weighted by Crippen LogP contribution is -2.55. The lowest BCUT2D eigenvalue weighted by molar-refractivity contribution is 0.164. The zero-order valence-corrected chi connectivity index (χ0v) is 14.6. The van der Waals surface area contributed by atoms with Gasteiger partial charge in [-0.15, -0.1) is 0 Å². The van der Waals surface area contributed by atoms with Gasteiger partial charge in [0.05, 0.1) is 12.8 Å². The highest BCUT2D eigenvalue weighted by Gasteiger charge is 2.34. The van der Waals surface area contributed by atoms with Crippen molar-refractivity contribution < 1.29 is 4.74 Å². The number of hydrogen-bond acceptors (Lipinski definition) is 3. The van der Waals surface area contributed by atoms with E-state index in [1.54, 1.807) is 7.11 Å². The molecule has 0 N–H and O–H groups in total. The van der Waals surface area contributed by atoms with E-state index in [0.29, 0.717) is 12.1 Å². The second kappa shape index (κ2) is 6.48. The Bertz CT molecular complexity index is 686. The van der Waals surface area contributed by atoms with Gasteiger partial charge in [-0.1, -0.05) is 42.5 Å². The Kier molecular flexibility index (Phi) is 4.19. The van der Waals surface area contributed by atoms with E-state index in [1.165, 1.54) is 23.2 Å². The summed E-state index contributed by atoms with van der Waals surface area (Å²) < 4.78 is 5.65. The monoisotopic (exact) mass is 322 g/mol. The molecule has 3 heteroatoms. The van der Waals surface area contributed by atoms with Crippen LogP contribution >= 0.6 is 0 Å². The number of methoxy groups -OCH3 is 1. The number of piperazine rings is 1. The molecule has 0 aromatic heterocycles. The normalized spacial score (nSPS) is 21.8. The molecule has 2 aliphatic rings. The maximum Gasteiger partial charge on any atom is 0.142 e. The predicted octanol–water partition coefficient (Wildman–Crippen LogP) is 3.89. The highest BCUT2D eigenvalue weighted by molar-refractivity contribution is 5.66. The van der Waals surface area contributed by atoms with Gasteiger partial charge in [0.2, 0.25) is 0 Å². The van der Waals surface area contributed by atoms with E-state index in [-0.39, 0.29) is 0 Å². The molecule has 0 spiro atoms. The van der Waals surface area contributed by atoms with Crippen LogP contribution in [-0.4, -0.2) is 37.7 Å². The van der Waals surface area contributed by atoms with E-state index in [4.69, 9.17) is 4.74 Å². The van der Waals surface area contributed by atoms with Gasteiger partial charge in [-0.05, 0) is 37.0 Å². The minimum Gasteiger partial charge on any atom is -0.495 e. The molecule has 2 aliphatic heterocycles. The first-order chi connectivity index (χ1) is 11.8. The molecule has 0 radical (unpaired) electrons. The Morgan fingerprint density at radius 2 is 1.88 bits per heavy atom. The lowest BCUT2D eigenvalue weighted by atomic mass is 9.92. The second-order valence-corrected chi connectivity index (χ2v) is 6.94. The number of fused-ring (bicyclic) bond motifs is 3. The Morgan fingerprint density at radius 3 is 2.67 bits per heavy atom. The number of benzene rings is 2. The quantitative estimate of drug-likeness (QED) is 0.852. The summed E-state index contributed by atoms with van der Waals surface area (Å²) in [4.78, 5) is 5.22. The van der Waals surface area contributed by atoms with Crippen molar-refractivity contribution >= 4 is 5.69 Å². The Hall–Kier alpha value is -2.00. The van der Waals surface area contributed by atoms with Crippen LogP contribution in [0.2, 0.25) is 0 Å². The van der Waals surface area contributed by atoms with Gasteiger partial charge in [-0.3, -0.25) is 4.90 Å². The zero-order valence-electron chi connectivity index (χ0n) is 14.6. The molecule has 0 saturated carbocycles. The number of nitrogens with zero attached hydrogens (tertiary/aromatic N) is 2. The molecule has 0 aliphatic carbocycles. The van der Waals surface area contributed by atoms with Crippen LogP contribution in [0.3, 0.4) is 0 Å². The fourth-order valence-electron chi connectivity index (χ4n) is 4.30. The van der Waals surface area contributed by atoms with Gasteiger partial charge in [0, 0.05) is 31.7 Å². The fraction of sp³-hybridized carbons (Fsp3) is 0.429. The largest absolute Gasteiger partial charge is 0.495 e. The van der Waals surface area contributed by atoms with E-state index >= 15 is 0 Å². The van der Waals surface area contributed by atoms with Gasteiger partial charge in [0.25, 0.3) is 0 Å². The van der Waals surface area contributed by atoms with E-state index in [2.05, 4.69) is 65.3 Å². The molecule has 0 bridgehead atoms. The summed E-state index contributed by atoms with van der Waals surface area (Å²) >= 11 is 0. The van der Waals surface area contributed by atoms with Gasteiger partial charge in [-0.2, -0.15) is 0 Å². The average molecular weight is 322 g/mol. The fourth-order valence-corrected chi connectivity index (χ4v) is 4.30. The summed E-state index contributed by atoms with van der Waals surface area (Å²) in [6.07, 6.45) is 2.39. The summed E-state index contributed by atoms with van der Waals surface area (Å²) in [5.41, 5.74) is 4.19. The van der Waals surface area contributed by atoms with Gasteiger partial charge in [-0.25, -0.2) is 0 Å². The smallest absolute Gasteiger partial charge is 0.142 e. The van der Waals surface area contributed by atoms with Crippen molar-refractivity contribution in [3.8, 4) is 5.75 Å². The highest BCUT2D eigenvalue weighted by atomic mass is 16.5. The average Bonchev–Trinajstić information content (AvgIpc) is 2.66. The van der Waals surface area contributed by atoms with Crippen molar-refractivity contribution in [2.75, 3.05) is 31.6 Å². The van der Waals surface area contributed by atoms with Crippen LogP contribution in [0.25, 0.3) is 0 Å². The molecule has 2 aromatic carbocycles. The molecule has 126 valence electrons.